The monoisotopic (exact) mass is 452 g/mol. The summed E-state index contributed by atoms with van der Waals surface area (Å²) in [5.41, 5.74) is 1.80. The Morgan fingerprint density at radius 1 is 1.09 bits per heavy atom. The van der Waals surface area contributed by atoms with E-state index in [1.807, 2.05) is 30.3 Å². The molecule has 2 amide bonds. The fraction of sp³-hybridized carbons (Fsp3) is 0.304. The third-order valence-electron chi connectivity index (χ3n) is 5.82. The molecule has 0 spiro atoms. The molecular formula is C23H24N4O4S+. The van der Waals surface area contributed by atoms with Gasteiger partial charge < -0.3 is 9.80 Å². The molecule has 9 heteroatoms. The summed E-state index contributed by atoms with van der Waals surface area (Å²) in [6.07, 6.45) is 2.18. The molecule has 1 radical (unpaired) electrons. The van der Waals surface area contributed by atoms with Gasteiger partial charge in [0.1, 0.15) is 6.04 Å². The molecular weight excluding hydrogens is 428 g/mol. The van der Waals surface area contributed by atoms with Gasteiger partial charge in [-0.2, -0.15) is 17.6 Å². The zero-order valence-electron chi connectivity index (χ0n) is 17.4. The van der Waals surface area contributed by atoms with E-state index in [1.54, 1.807) is 23.1 Å². The third-order valence-corrected chi connectivity index (χ3v) is 6.76. The molecule has 0 aliphatic carbocycles. The van der Waals surface area contributed by atoms with Gasteiger partial charge in [-0.1, -0.05) is 30.3 Å². The second kappa shape index (κ2) is 9.52. The minimum absolute atomic E-state index is 0.0208. The maximum atomic E-state index is 13.0. The molecule has 2 aliphatic heterocycles. The van der Waals surface area contributed by atoms with E-state index in [2.05, 4.69) is 0 Å². The van der Waals surface area contributed by atoms with Crippen molar-refractivity contribution in [2.45, 2.75) is 24.3 Å². The number of nitrogens with zero attached hydrogens (tertiary/aromatic N) is 3. The maximum absolute atomic E-state index is 13.0. The van der Waals surface area contributed by atoms with Gasteiger partial charge in [0.15, 0.2) is 10.7 Å². The predicted octanol–water partition coefficient (Wildman–Crippen LogP) is 2.10. The number of thioether (sulfide) groups is 1. The topological polar surface area (TPSA) is 104 Å². The van der Waals surface area contributed by atoms with Crippen molar-refractivity contribution in [2.24, 2.45) is 5.84 Å². The highest BCUT2D eigenvalue weighted by Crippen LogP contribution is 2.31. The Labute approximate surface area is 190 Å². The van der Waals surface area contributed by atoms with Crippen LogP contribution in [-0.4, -0.2) is 63.2 Å². The van der Waals surface area contributed by atoms with E-state index in [0.29, 0.717) is 24.3 Å². The summed E-state index contributed by atoms with van der Waals surface area (Å²) < 4.78 is 0. The number of nitrogens with two attached hydrogens (primary N) is 1. The van der Waals surface area contributed by atoms with Crippen molar-refractivity contribution in [3.63, 3.8) is 0 Å². The smallest absolute Gasteiger partial charge is 0.291 e. The second-order valence-corrected chi connectivity index (χ2v) is 8.84. The average molecular weight is 453 g/mol. The van der Waals surface area contributed by atoms with Gasteiger partial charge in [-0.25, -0.2) is 0 Å². The molecule has 2 aromatic carbocycles. The lowest BCUT2D eigenvalue weighted by molar-refractivity contribution is -0.474. The van der Waals surface area contributed by atoms with Crippen molar-refractivity contribution in [1.29, 1.82) is 0 Å². The van der Waals surface area contributed by atoms with E-state index in [4.69, 9.17) is 5.84 Å². The summed E-state index contributed by atoms with van der Waals surface area (Å²) in [6.45, 7) is 0.424. The number of hydrogen-bond acceptors (Lipinski definition) is 5. The van der Waals surface area contributed by atoms with Crippen molar-refractivity contribution in [3.05, 3.63) is 77.1 Å². The number of carbonyl (C=O) groups is 3. The highest BCUT2D eigenvalue weighted by molar-refractivity contribution is 7.98. The zero-order chi connectivity index (χ0) is 22.7. The molecule has 2 N–H and O–H groups in total. The zero-order valence-corrected chi connectivity index (χ0v) is 18.2. The molecule has 2 aromatic rings. The molecule has 0 saturated carbocycles. The highest BCUT2D eigenvalue weighted by Gasteiger charge is 2.51. The number of hydrazine groups is 1. The standard InChI is InChI=1S/C23H24N4O4S/c24-27(31)18-8-6-17(7-9-18)23(30)26-14-20(28)22-19(26)10-12-25(22)21(29)11-13-32-15-16-4-2-1-3-5-16/h1-9,11,19,22H,10,12-15H2,(H2,24,31)/q+1. The SMILES string of the molecule is N[N+](=O)c1ccc(C(=O)N2CC(=O)C3C2CCN3C(=O)[CH]CSCc2ccccc2)cc1. The Kier molecular flexibility index (Phi) is 6.55. The Balaban J connectivity index is 1.34. The molecule has 165 valence electrons. The number of nitroso groups, excluding NO2 is 1. The fourth-order valence-electron chi connectivity index (χ4n) is 4.25. The number of ketones is 1. The summed E-state index contributed by atoms with van der Waals surface area (Å²) in [5.74, 6) is 5.96. The summed E-state index contributed by atoms with van der Waals surface area (Å²) in [7, 11) is 0. The Hall–Kier alpha value is -3.20. The molecule has 2 heterocycles. The van der Waals surface area contributed by atoms with Gasteiger partial charge in [-0.15, -0.1) is 0 Å². The van der Waals surface area contributed by atoms with Gasteiger partial charge in [-0.3, -0.25) is 14.4 Å². The van der Waals surface area contributed by atoms with Crippen LogP contribution in [0.15, 0.2) is 54.6 Å². The first-order valence-corrected chi connectivity index (χ1v) is 11.5. The Morgan fingerprint density at radius 3 is 2.50 bits per heavy atom. The number of rotatable bonds is 7. The van der Waals surface area contributed by atoms with E-state index >= 15 is 0 Å². The lowest BCUT2D eigenvalue weighted by Gasteiger charge is -2.24. The molecule has 2 aliphatic rings. The number of Topliss-reactive ketones (excluding diaryl/α,β-unsaturated/α-hetero) is 1. The van der Waals surface area contributed by atoms with Crippen LogP contribution in [-0.2, 0) is 15.3 Å². The molecule has 2 unspecified atom stereocenters. The minimum Gasteiger partial charge on any atom is -0.330 e. The van der Waals surface area contributed by atoms with Crippen LogP contribution >= 0.6 is 11.8 Å². The fourth-order valence-corrected chi connectivity index (χ4v) is 5.06. The van der Waals surface area contributed by atoms with Gasteiger partial charge in [0.25, 0.3) is 11.6 Å². The first kappa shape index (κ1) is 22.0. The average Bonchev–Trinajstić information content (AvgIpc) is 3.38. The van der Waals surface area contributed by atoms with Crippen LogP contribution in [0.3, 0.4) is 0 Å². The lowest BCUT2D eigenvalue weighted by atomic mass is 10.1. The molecule has 2 atom stereocenters. The Morgan fingerprint density at radius 2 is 1.81 bits per heavy atom. The number of benzene rings is 2. The predicted molar refractivity (Wildman–Crippen MR) is 121 cm³/mol. The molecule has 32 heavy (non-hydrogen) atoms. The van der Waals surface area contributed by atoms with Gasteiger partial charge in [0, 0.05) is 35.7 Å². The van der Waals surface area contributed by atoms with Crippen LogP contribution in [0.2, 0.25) is 0 Å². The summed E-state index contributed by atoms with van der Waals surface area (Å²) in [6, 6.07) is 15.1. The summed E-state index contributed by atoms with van der Waals surface area (Å²) >= 11 is 1.64. The second-order valence-electron chi connectivity index (χ2n) is 7.81. The van der Waals surface area contributed by atoms with Gasteiger partial charge in [-0.05, 0) is 24.1 Å². The van der Waals surface area contributed by atoms with Gasteiger partial charge in [0.05, 0.1) is 23.9 Å². The highest BCUT2D eigenvalue weighted by atomic mass is 32.2. The first-order valence-electron chi connectivity index (χ1n) is 10.4. The number of likely N-dealkylation sites (tertiary alicyclic amines) is 2. The van der Waals surface area contributed by atoms with E-state index < -0.39 is 6.04 Å². The summed E-state index contributed by atoms with van der Waals surface area (Å²) in [5, 5.41) is 0. The van der Waals surface area contributed by atoms with Crippen molar-refractivity contribution in [1.82, 2.24) is 9.80 Å². The number of hydrogen-bond donors (Lipinski definition) is 1. The van der Waals surface area contributed by atoms with Crippen LogP contribution in [0.1, 0.15) is 22.3 Å². The van der Waals surface area contributed by atoms with E-state index in [-0.39, 0.29) is 40.7 Å². The quantitative estimate of drug-likeness (QED) is 0.299. The van der Waals surface area contributed by atoms with E-state index in [1.165, 1.54) is 34.7 Å². The molecule has 0 bridgehead atoms. The van der Waals surface area contributed by atoms with Crippen LogP contribution in [0, 0.1) is 11.3 Å². The number of fused-ring (bicyclic) bond motifs is 1. The maximum Gasteiger partial charge on any atom is 0.291 e. The van der Waals surface area contributed by atoms with Gasteiger partial charge in [0.2, 0.25) is 5.91 Å². The van der Waals surface area contributed by atoms with Gasteiger partial charge >= 0.3 is 0 Å². The van der Waals surface area contributed by atoms with Crippen LogP contribution < -0.4 is 5.84 Å². The largest absolute Gasteiger partial charge is 0.330 e. The molecule has 2 fully saturated rings. The van der Waals surface area contributed by atoms with Crippen molar-refractivity contribution >= 4 is 35.0 Å². The number of amides is 2. The molecule has 0 aromatic heterocycles. The molecule has 8 nitrogen and oxygen atoms in total. The number of carbonyl (C=O) groups excluding carboxylic acids is 3. The Bertz CT molecular complexity index is 1030. The third kappa shape index (κ3) is 4.52. The van der Waals surface area contributed by atoms with Crippen LogP contribution in [0.25, 0.3) is 0 Å². The normalized spacial score (nSPS) is 19.8. The van der Waals surface area contributed by atoms with Crippen LogP contribution in [0.4, 0.5) is 5.69 Å². The first-order chi connectivity index (χ1) is 15.5. The van der Waals surface area contributed by atoms with E-state index in [9.17, 15) is 19.3 Å². The van der Waals surface area contributed by atoms with Crippen molar-refractivity contribution in [2.75, 3.05) is 18.8 Å². The van der Waals surface area contributed by atoms with Crippen molar-refractivity contribution in [3.8, 4) is 0 Å². The lowest BCUT2D eigenvalue weighted by Crippen LogP contribution is -2.43. The van der Waals surface area contributed by atoms with Crippen LogP contribution in [0.5, 0.6) is 0 Å². The van der Waals surface area contributed by atoms with E-state index in [0.717, 1.165) is 5.75 Å². The van der Waals surface area contributed by atoms with Crippen molar-refractivity contribution < 1.29 is 19.3 Å². The minimum atomic E-state index is -0.595. The summed E-state index contributed by atoms with van der Waals surface area (Å²) in [4.78, 5) is 52.9. The molecule has 4 rings (SSSR count). The molecule has 2 saturated heterocycles.